The highest BCUT2D eigenvalue weighted by Gasteiger charge is 2.12. The van der Waals surface area contributed by atoms with Gasteiger partial charge in [0.15, 0.2) is 11.5 Å². The number of nitrogens with one attached hydrogen (secondary N) is 2. The molecule has 0 saturated carbocycles. The van der Waals surface area contributed by atoms with Crippen molar-refractivity contribution in [3.05, 3.63) is 76.4 Å². The maximum atomic E-state index is 12.5. The lowest BCUT2D eigenvalue weighted by molar-refractivity contribution is -0.116. The van der Waals surface area contributed by atoms with Gasteiger partial charge in [-0.1, -0.05) is 18.2 Å². The van der Waals surface area contributed by atoms with E-state index in [1.165, 1.54) is 0 Å². The lowest BCUT2D eigenvalue weighted by Crippen LogP contribution is -2.15. The van der Waals surface area contributed by atoms with Crippen LogP contribution in [0.2, 0.25) is 0 Å². The highest BCUT2D eigenvalue weighted by Crippen LogP contribution is 2.31. The molecule has 0 saturated heterocycles. The number of hydrogen-bond acceptors (Lipinski definition) is 5. The highest BCUT2D eigenvalue weighted by molar-refractivity contribution is 9.10. The first-order valence-electron chi connectivity index (χ1n) is 9.53. The molecule has 160 valence electrons. The predicted molar refractivity (Wildman–Crippen MR) is 123 cm³/mol. The molecule has 0 aliphatic heterocycles. The van der Waals surface area contributed by atoms with Crippen molar-refractivity contribution >= 4 is 39.2 Å². The highest BCUT2D eigenvalue weighted by atomic mass is 79.9. The van der Waals surface area contributed by atoms with Crippen molar-refractivity contribution in [1.82, 2.24) is 4.98 Å². The van der Waals surface area contributed by atoms with E-state index in [2.05, 4.69) is 31.5 Å². The molecule has 0 aliphatic carbocycles. The molecule has 3 rings (SSSR count). The van der Waals surface area contributed by atoms with E-state index < -0.39 is 0 Å². The third kappa shape index (κ3) is 6.05. The first-order chi connectivity index (χ1) is 15.0. The summed E-state index contributed by atoms with van der Waals surface area (Å²) in [6.45, 7) is 0. The third-order valence-corrected chi connectivity index (χ3v) is 4.95. The van der Waals surface area contributed by atoms with Crippen LogP contribution in [0.15, 0.2) is 65.3 Å². The molecule has 2 N–H and O–H groups in total. The van der Waals surface area contributed by atoms with Crippen molar-refractivity contribution in [3.63, 3.8) is 0 Å². The normalized spacial score (nSPS) is 10.3. The molecule has 8 heteroatoms. The summed E-state index contributed by atoms with van der Waals surface area (Å²) in [7, 11) is 3.14. The van der Waals surface area contributed by atoms with Crippen molar-refractivity contribution in [2.45, 2.75) is 12.8 Å². The fraction of sp³-hybridized carbons (Fsp3) is 0.174. The smallest absolute Gasteiger partial charge is 0.256 e. The lowest BCUT2D eigenvalue weighted by Gasteiger charge is -2.12. The van der Waals surface area contributed by atoms with Gasteiger partial charge < -0.3 is 20.1 Å². The second-order valence-electron chi connectivity index (χ2n) is 6.60. The molecule has 31 heavy (non-hydrogen) atoms. The van der Waals surface area contributed by atoms with E-state index in [0.29, 0.717) is 35.0 Å². The number of benzene rings is 2. The van der Waals surface area contributed by atoms with Crippen LogP contribution in [0.4, 0.5) is 11.5 Å². The van der Waals surface area contributed by atoms with Gasteiger partial charge in [-0.15, -0.1) is 0 Å². The molecule has 2 amide bonds. The van der Waals surface area contributed by atoms with E-state index >= 15 is 0 Å². The fourth-order valence-corrected chi connectivity index (χ4v) is 3.23. The molecule has 7 nitrogen and oxygen atoms in total. The van der Waals surface area contributed by atoms with Crippen LogP contribution in [0.25, 0.3) is 0 Å². The average molecular weight is 484 g/mol. The summed E-state index contributed by atoms with van der Waals surface area (Å²) in [6, 6.07) is 15.8. The second-order valence-corrected chi connectivity index (χ2v) is 7.51. The van der Waals surface area contributed by atoms with Crippen LogP contribution >= 0.6 is 15.9 Å². The van der Waals surface area contributed by atoms with Gasteiger partial charge in [0.1, 0.15) is 5.82 Å². The van der Waals surface area contributed by atoms with Crippen molar-refractivity contribution < 1.29 is 19.1 Å². The topological polar surface area (TPSA) is 89.5 Å². The van der Waals surface area contributed by atoms with Crippen LogP contribution in [0.1, 0.15) is 22.3 Å². The number of carbonyl (C=O) groups is 2. The number of pyridine rings is 1. The molecule has 0 spiro atoms. The molecule has 3 aromatic rings. The number of ether oxygens (including phenoxy) is 2. The van der Waals surface area contributed by atoms with Gasteiger partial charge in [0.2, 0.25) is 5.91 Å². The standard InChI is InChI=1S/C23H22BrN3O4/c1-30-19-8-4-5-15(22(19)31-2)9-12-21(28)26-18-7-3-6-16(13-18)23(29)27-20-11-10-17(24)14-25-20/h3-8,10-11,13-14H,9,12H2,1-2H3,(H,26,28)(H,25,27,29). The van der Waals surface area contributed by atoms with Crippen molar-refractivity contribution in [2.75, 3.05) is 24.9 Å². The molecule has 0 radical (unpaired) electrons. The quantitative estimate of drug-likeness (QED) is 0.485. The van der Waals surface area contributed by atoms with Crippen LogP contribution < -0.4 is 20.1 Å². The largest absolute Gasteiger partial charge is 0.493 e. The number of methoxy groups -OCH3 is 2. The molecule has 0 unspecified atom stereocenters. The zero-order valence-electron chi connectivity index (χ0n) is 17.1. The van der Waals surface area contributed by atoms with Crippen LogP contribution in [-0.2, 0) is 11.2 Å². The minimum atomic E-state index is -0.313. The van der Waals surface area contributed by atoms with Crippen LogP contribution in [0.5, 0.6) is 11.5 Å². The number of hydrogen-bond donors (Lipinski definition) is 2. The maximum Gasteiger partial charge on any atom is 0.256 e. The number of aryl methyl sites for hydroxylation is 1. The number of para-hydroxylation sites is 1. The number of rotatable bonds is 8. The Morgan fingerprint density at radius 1 is 1.00 bits per heavy atom. The number of aromatic nitrogens is 1. The Bertz CT molecular complexity index is 1070. The summed E-state index contributed by atoms with van der Waals surface area (Å²) < 4.78 is 11.5. The number of carbonyl (C=O) groups excluding carboxylic acids is 2. The van der Waals surface area contributed by atoms with Gasteiger partial charge in [0.25, 0.3) is 5.91 Å². The van der Waals surface area contributed by atoms with Crippen molar-refractivity contribution in [2.24, 2.45) is 0 Å². The van der Waals surface area contributed by atoms with Gasteiger partial charge >= 0.3 is 0 Å². The van der Waals surface area contributed by atoms with Gasteiger partial charge in [0.05, 0.1) is 14.2 Å². The zero-order valence-corrected chi connectivity index (χ0v) is 18.7. The van der Waals surface area contributed by atoms with Gasteiger partial charge in [-0.2, -0.15) is 0 Å². The van der Waals surface area contributed by atoms with Crippen molar-refractivity contribution in [1.29, 1.82) is 0 Å². The summed E-state index contributed by atoms with van der Waals surface area (Å²) >= 11 is 3.30. The van der Waals surface area contributed by atoms with Crippen LogP contribution in [0.3, 0.4) is 0 Å². The molecule has 0 bridgehead atoms. The summed E-state index contributed by atoms with van der Waals surface area (Å²) in [4.78, 5) is 29.0. The molecule has 0 aliphatic rings. The first-order valence-corrected chi connectivity index (χ1v) is 10.3. The Balaban J connectivity index is 1.61. The van der Waals surface area contributed by atoms with Gasteiger partial charge in [-0.3, -0.25) is 9.59 Å². The molecular weight excluding hydrogens is 462 g/mol. The Kier molecular flexibility index (Phi) is 7.61. The van der Waals surface area contributed by atoms with Crippen LogP contribution in [-0.4, -0.2) is 31.0 Å². The Morgan fingerprint density at radius 3 is 2.52 bits per heavy atom. The van der Waals surface area contributed by atoms with Crippen LogP contribution in [0, 0.1) is 0 Å². The summed E-state index contributed by atoms with van der Waals surface area (Å²) in [5, 5.41) is 5.56. The molecule has 1 heterocycles. The molecule has 0 atom stereocenters. The van der Waals surface area contributed by atoms with E-state index in [9.17, 15) is 9.59 Å². The van der Waals surface area contributed by atoms with Gasteiger partial charge in [-0.25, -0.2) is 4.98 Å². The maximum absolute atomic E-state index is 12.5. The Labute approximate surface area is 188 Å². The molecule has 1 aromatic heterocycles. The number of anilines is 2. The van der Waals surface area contributed by atoms with E-state index in [4.69, 9.17) is 9.47 Å². The fourth-order valence-electron chi connectivity index (χ4n) is 3.00. The minimum Gasteiger partial charge on any atom is -0.493 e. The lowest BCUT2D eigenvalue weighted by atomic mass is 10.1. The van der Waals surface area contributed by atoms with Gasteiger partial charge in [-0.05, 0) is 64.3 Å². The monoisotopic (exact) mass is 483 g/mol. The molecular formula is C23H22BrN3O4. The van der Waals surface area contributed by atoms with E-state index in [1.807, 2.05) is 18.2 Å². The summed E-state index contributed by atoms with van der Waals surface area (Å²) in [5.74, 6) is 1.20. The predicted octanol–water partition coefficient (Wildman–Crippen LogP) is 4.68. The van der Waals surface area contributed by atoms with E-state index in [1.54, 1.807) is 56.8 Å². The van der Waals surface area contributed by atoms with Crippen molar-refractivity contribution in [3.8, 4) is 11.5 Å². The minimum absolute atomic E-state index is 0.169. The SMILES string of the molecule is COc1cccc(CCC(=O)Nc2cccc(C(=O)Nc3ccc(Br)cn3)c2)c1OC. The summed E-state index contributed by atoms with van der Waals surface area (Å²) in [6.07, 6.45) is 2.34. The molecule has 0 fully saturated rings. The number of halogens is 1. The second kappa shape index (κ2) is 10.6. The zero-order chi connectivity index (χ0) is 22.2. The number of nitrogens with zero attached hydrogens (tertiary/aromatic N) is 1. The third-order valence-electron chi connectivity index (χ3n) is 4.48. The average Bonchev–Trinajstić information content (AvgIpc) is 2.79. The van der Waals surface area contributed by atoms with E-state index in [0.717, 1.165) is 10.0 Å². The Morgan fingerprint density at radius 2 is 1.81 bits per heavy atom. The van der Waals surface area contributed by atoms with Gasteiger partial charge in [0, 0.05) is 28.3 Å². The summed E-state index contributed by atoms with van der Waals surface area (Å²) in [5.41, 5.74) is 1.84. The Hall–Kier alpha value is -3.39. The molecule has 2 aromatic carbocycles. The first kappa shape index (κ1) is 22.3. The van der Waals surface area contributed by atoms with E-state index in [-0.39, 0.29) is 18.2 Å². The number of amides is 2.